The van der Waals surface area contributed by atoms with E-state index in [1.54, 1.807) is 6.07 Å². The monoisotopic (exact) mass is 338 g/mol. The van der Waals surface area contributed by atoms with Crippen molar-refractivity contribution in [1.29, 1.82) is 0 Å². The molecule has 0 aliphatic carbocycles. The molecule has 7 heteroatoms. The quantitative estimate of drug-likeness (QED) is 0.236. The fourth-order valence-electron chi connectivity index (χ4n) is 1.97. The summed E-state index contributed by atoms with van der Waals surface area (Å²) in [7, 11) is -4.39. The number of rotatable bonds is 9. The molecule has 1 aromatic rings. The third-order valence-corrected chi connectivity index (χ3v) is 3.98. The minimum atomic E-state index is -4.39. The number of hydrogen-bond donors (Lipinski definition) is 1. The van der Waals surface area contributed by atoms with Crippen LogP contribution in [0.15, 0.2) is 29.2 Å². The molecule has 0 aromatic heterocycles. The van der Waals surface area contributed by atoms with E-state index >= 15 is 0 Å². The second-order valence-corrected chi connectivity index (χ2v) is 6.30. The SMILES string of the molecule is CCCCCCCCC(=O)Oc1ccccc1S(=O)(=O)O.[H-].[Na+]. The maximum atomic E-state index is 11.7. The number of ether oxygens (including phenoxy) is 1. The van der Waals surface area contributed by atoms with Crippen molar-refractivity contribution in [3.63, 3.8) is 0 Å². The number of hydrogen-bond acceptors (Lipinski definition) is 4. The Labute approximate surface area is 156 Å². The predicted octanol–water partition coefficient (Wildman–Crippen LogP) is 0.706. The fourth-order valence-corrected chi connectivity index (χ4v) is 2.59. The molecule has 120 valence electrons. The Kier molecular flexibility index (Phi) is 11.0. The summed E-state index contributed by atoms with van der Waals surface area (Å²) < 4.78 is 36.4. The second-order valence-electron chi connectivity index (χ2n) is 4.91. The van der Waals surface area contributed by atoms with Crippen LogP contribution in [0.4, 0.5) is 0 Å². The van der Waals surface area contributed by atoms with Crippen LogP contribution in [0, 0.1) is 0 Å². The van der Waals surface area contributed by atoms with Crippen LogP contribution in [0.25, 0.3) is 0 Å². The van der Waals surface area contributed by atoms with Gasteiger partial charge in [-0.25, -0.2) is 0 Å². The van der Waals surface area contributed by atoms with Gasteiger partial charge in [0.15, 0.2) is 5.75 Å². The maximum Gasteiger partial charge on any atom is 1.00 e. The molecule has 1 rings (SSSR count). The first kappa shape index (κ1) is 21.6. The van der Waals surface area contributed by atoms with Crippen LogP contribution < -0.4 is 34.3 Å². The maximum absolute atomic E-state index is 11.7. The molecule has 0 heterocycles. The summed E-state index contributed by atoms with van der Waals surface area (Å²) in [6, 6.07) is 5.54. The van der Waals surface area contributed by atoms with E-state index in [-0.39, 0.29) is 48.0 Å². The molecular formula is C15H23NaO5S. The van der Waals surface area contributed by atoms with Gasteiger partial charge in [-0.2, -0.15) is 8.42 Å². The second kappa shape index (κ2) is 11.2. The average molecular weight is 338 g/mol. The normalized spacial score (nSPS) is 10.8. The van der Waals surface area contributed by atoms with E-state index in [9.17, 15) is 13.2 Å². The van der Waals surface area contributed by atoms with Crippen LogP contribution in [0.1, 0.15) is 53.3 Å². The van der Waals surface area contributed by atoms with Gasteiger partial charge in [-0.05, 0) is 18.6 Å². The van der Waals surface area contributed by atoms with Crippen LogP contribution in [0.5, 0.6) is 5.75 Å². The van der Waals surface area contributed by atoms with Gasteiger partial charge in [0.25, 0.3) is 10.1 Å². The molecule has 0 spiro atoms. The Bertz CT molecular complexity index is 563. The van der Waals surface area contributed by atoms with Gasteiger partial charge in [-0.1, -0.05) is 51.2 Å². The molecule has 0 fully saturated rings. The number of benzene rings is 1. The van der Waals surface area contributed by atoms with Crippen LogP contribution in [-0.4, -0.2) is 18.9 Å². The summed E-state index contributed by atoms with van der Waals surface area (Å²) in [5.74, 6) is -0.613. The molecule has 0 bridgehead atoms. The van der Waals surface area contributed by atoms with Crippen LogP contribution in [0.2, 0.25) is 0 Å². The predicted molar refractivity (Wildman–Crippen MR) is 81.0 cm³/mol. The summed E-state index contributed by atoms with van der Waals surface area (Å²) in [5.41, 5.74) is 0. The van der Waals surface area contributed by atoms with Gasteiger partial charge in [0.1, 0.15) is 4.90 Å². The van der Waals surface area contributed by atoms with E-state index in [2.05, 4.69) is 6.92 Å². The first-order valence-electron chi connectivity index (χ1n) is 7.22. The standard InChI is InChI=1S/C15H22O5S.Na.H/c1-2-3-4-5-6-7-12-15(16)20-13-10-8-9-11-14(13)21(17,18)19;;/h8-11H,2-7,12H2,1H3,(H,17,18,19);;/q;+1;-1. The minimum Gasteiger partial charge on any atom is -1.00 e. The first-order chi connectivity index (χ1) is 9.95. The van der Waals surface area contributed by atoms with E-state index in [4.69, 9.17) is 9.29 Å². The molecule has 1 N–H and O–H groups in total. The molecule has 0 unspecified atom stereocenters. The van der Waals surface area contributed by atoms with E-state index in [1.807, 2.05) is 0 Å². The number of esters is 1. The van der Waals surface area contributed by atoms with Gasteiger partial charge in [0, 0.05) is 6.42 Å². The van der Waals surface area contributed by atoms with Crippen molar-refractivity contribution in [3.8, 4) is 5.75 Å². The molecule has 1 aromatic carbocycles. The van der Waals surface area contributed by atoms with Crippen molar-refractivity contribution >= 4 is 16.1 Å². The zero-order valence-electron chi connectivity index (χ0n) is 14.2. The van der Waals surface area contributed by atoms with Crippen molar-refractivity contribution in [1.82, 2.24) is 0 Å². The van der Waals surface area contributed by atoms with Crippen molar-refractivity contribution in [2.75, 3.05) is 0 Å². The largest absolute Gasteiger partial charge is 1.00 e. The molecule has 0 amide bonds. The van der Waals surface area contributed by atoms with E-state index in [0.717, 1.165) is 25.7 Å². The molecule has 0 aliphatic rings. The summed E-state index contributed by atoms with van der Waals surface area (Å²) in [6.07, 6.45) is 6.54. The molecular weight excluding hydrogens is 315 g/mol. The molecule has 0 atom stereocenters. The minimum absolute atomic E-state index is 0. The summed E-state index contributed by atoms with van der Waals surface area (Å²) in [6.45, 7) is 2.14. The van der Waals surface area contributed by atoms with Crippen molar-refractivity contribution in [2.24, 2.45) is 0 Å². The summed E-state index contributed by atoms with van der Waals surface area (Å²) in [5, 5.41) is 0. The topological polar surface area (TPSA) is 80.7 Å². The Balaban J connectivity index is 0. The molecule has 5 nitrogen and oxygen atoms in total. The van der Waals surface area contributed by atoms with Crippen LogP contribution in [-0.2, 0) is 14.9 Å². The number of para-hydroxylation sites is 1. The van der Waals surface area contributed by atoms with Gasteiger partial charge >= 0.3 is 35.5 Å². The molecule has 0 saturated heterocycles. The van der Waals surface area contributed by atoms with Gasteiger partial charge in [0.05, 0.1) is 0 Å². The third kappa shape index (κ3) is 8.29. The zero-order valence-corrected chi connectivity index (χ0v) is 16.1. The average Bonchev–Trinajstić information content (AvgIpc) is 2.42. The Morgan fingerprint density at radius 3 is 2.36 bits per heavy atom. The number of unbranched alkanes of at least 4 members (excludes halogenated alkanes) is 5. The van der Waals surface area contributed by atoms with Gasteiger partial charge in [-0.15, -0.1) is 0 Å². The molecule has 0 aliphatic heterocycles. The number of carbonyl (C=O) groups excluding carboxylic acids is 1. The van der Waals surface area contributed by atoms with Crippen molar-refractivity contribution < 1.29 is 53.5 Å². The van der Waals surface area contributed by atoms with Crippen molar-refractivity contribution in [3.05, 3.63) is 24.3 Å². The Morgan fingerprint density at radius 2 is 1.73 bits per heavy atom. The van der Waals surface area contributed by atoms with Gasteiger partial charge < -0.3 is 6.16 Å². The smallest absolute Gasteiger partial charge is 1.00 e. The summed E-state index contributed by atoms with van der Waals surface area (Å²) in [4.78, 5) is 11.3. The fraction of sp³-hybridized carbons (Fsp3) is 0.533. The molecule has 22 heavy (non-hydrogen) atoms. The van der Waals surface area contributed by atoms with Crippen LogP contribution in [0.3, 0.4) is 0 Å². The van der Waals surface area contributed by atoms with E-state index in [0.29, 0.717) is 0 Å². The number of carbonyl (C=O) groups is 1. The molecule has 0 radical (unpaired) electrons. The Morgan fingerprint density at radius 1 is 1.14 bits per heavy atom. The van der Waals surface area contributed by atoms with Gasteiger partial charge in [-0.3, -0.25) is 9.35 Å². The van der Waals surface area contributed by atoms with Gasteiger partial charge in [0.2, 0.25) is 0 Å². The van der Waals surface area contributed by atoms with E-state index < -0.39 is 16.1 Å². The molecule has 0 saturated carbocycles. The Hall–Kier alpha value is -0.400. The third-order valence-electron chi connectivity index (χ3n) is 3.09. The first-order valence-corrected chi connectivity index (χ1v) is 8.66. The van der Waals surface area contributed by atoms with E-state index in [1.165, 1.54) is 31.0 Å². The van der Waals surface area contributed by atoms with Crippen molar-refractivity contribution in [2.45, 2.75) is 56.8 Å². The summed E-state index contributed by atoms with van der Waals surface area (Å²) >= 11 is 0. The zero-order chi connectivity index (χ0) is 15.7. The van der Waals surface area contributed by atoms with Crippen LogP contribution >= 0.6 is 0 Å².